The number of carboxylic acid groups (broad SMARTS) is 1. The maximum Gasteiger partial charge on any atom is 0.335 e. The second kappa shape index (κ2) is 6.61. The van der Waals surface area contributed by atoms with Crippen molar-refractivity contribution in [3.05, 3.63) is 23.8 Å². The maximum atomic E-state index is 10.9. The van der Waals surface area contributed by atoms with Gasteiger partial charge in [0.2, 0.25) is 0 Å². The van der Waals surface area contributed by atoms with Gasteiger partial charge in [0.15, 0.2) is 0 Å². The van der Waals surface area contributed by atoms with E-state index in [0.29, 0.717) is 5.69 Å². The van der Waals surface area contributed by atoms with Gasteiger partial charge in [0.05, 0.1) is 23.0 Å². The second-order valence-electron chi connectivity index (χ2n) is 5.11. The number of benzene rings is 1. The predicted octanol–water partition coefficient (Wildman–Crippen LogP) is 2.36. The first-order valence-corrected chi connectivity index (χ1v) is 7.11. The van der Waals surface area contributed by atoms with Crippen LogP contribution in [0.5, 0.6) is 0 Å². The van der Waals surface area contributed by atoms with E-state index in [9.17, 15) is 4.79 Å². The summed E-state index contributed by atoms with van der Waals surface area (Å²) in [5, 5.41) is 8.97. The highest BCUT2D eigenvalue weighted by Crippen LogP contribution is 2.26. The zero-order valence-corrected chi connectivity index (χ0v) is 11.8. The molecule has 110 valence electrons. The lowest BCUT2D eigenvalue weighted by Crippen LogP contribution is -2.36. The third-order valence-electron chi connectivity index (χ3n) is 3.69. The molecule has 0 radical (unpaired) electrons. The third kappa shape index (κ3) is 3.42. The topological polar surface area (TPSA) is 75.8 Å². The summed E-state index contributed by atoms with van der Waals surface area (Å²) in [6.45, 7) is 4.51. The fourth-order valence-corrected chi connectivity index (χ4v) is 2.57. The SMILES string of the molecule is CCN(CC1CCCCO1)c1ccc(C(=O)O)cc1N. The van der Waals surface area contributed by atoms with Gasteiger partial charge in [-0.2, -0.15) is 0 Å². The highest BCUT2D eigenvalue weighted by atomic mass is 16.5. The molecule has 0 spiro atoms. The molecule has 1 aromatic carbocycles. The molecule has 1 aliphatic rings. The summed E-state index contributed by atoms with van der Waals surface area (Å²) < 4.78 is 5.76. The summed E-state index contributed by atoms with van der Waals surface area (Å²) in [6, 6.07) is 4.89. The van der Waals surface area contributed by atoms with Gasteiger partial charge in [-0.25, -0.2) is 4.79 Å². The molecule has 0 aromatic heterocycles. The van der Waals surface area contributed by atoms with Crippen molar-refractivity contribution in [3.63, 3.8) is 0 Å². The van der Waals surface area contributed by atoms with E-state index in [4.69, 9.17) is 15.6 Å². The average Bonchev–Trinajstić information content (AvgIpc) is 2.46. The summed E-state index contributed by atoms with van der Waals surface area (Å²) >= 11 is 0. The lowest BCUT2D eigenvalue weighted by atomic mass is 10.1. The first-order chi connectivity index (χ1) is 9.61. The van der Waals surface area contributed by atoms with Crippen LogP contribution >= 0.6 is 0 Å². The van der Waals surface area contributed by atoms with Gasteiger partial charge in [-0.1, -0.05) is 0 Å². The van der Waals surface area contributed by atoms with E-state index in [1.54, 1.807) is 12.1 Å². The van der Waals surface area contributed by atoms with Gasteiger partial charge in [0.1, 0.15) is 0 Å². The van der Waals surface area contributed by atoms with Gasteiger partial charge in [-0.3, -0.25) is 0 Å². The van der Waals surface area contributed by atoms with Gasteiger partial charge < -0.3 is 20.5 Å². The molecule has 20 heavy (non-hydrogen) atoms. The molecule has 0 amide bonds. The first kappa shape index (κ1) is 14.7. The van der Waals surface area contributed by atoms with Crippen LogP contribution in [-0.4, -0.2) is 36.9 Å². The highest BCUT2D eigenvalue weighted by molar-refractivity contribution is 5.90. The van der Waals surface area contributed by atoms with Crippen LogP contribution in [0.4, 0.5) is 11.4 Å². The number of aromatic carboxylic acids is 1. The molecule has 1 heterocycles. The second-order valence-corrected chi connectivity index (χ2v) is 5.11. The Morgan fingerprint density at radius 3 is 2.85 bits per heavy atom. The molecule has 1 aromatic rings. The molecular formula is C15H22N2O3. The number of likely N-dealkylation sites (N-methyl/N-ethyl adjacent to an activating group) is 1. The van der Waals surface area contributed by atoms with Crippen molar-refractivity contribution in [2.45, 2.75) is 32.3 Å². The number of nitrogen functional groups attached to an aromatic ring is 1. The number of anilines is 2. The zero-order valence-electron chi connectivity index (χ0n) is 11.8. The van der Waals surface area contributed by atoms with Gasteiger partial charge in [-0.05, 0) is 44.4 Å². The normalized spacial score (nSPS) is 18.8. The number of hydrogen-bond acceptors (Lipinski definition) is 4. The zero-order chi connectivity index (χ0) is 14.5. The summed E-state index contributed by atoms with van der Waals surface area (Å²) in [5.74, 6) is -0.957. The standard InChI is InChI=1S/C15H22N2O3/c1-2-17(10-12-5-3-4-8-20-12)14-7-6-11(15(18)19)9-13(14)16/h6-7,9,12H,2-5,8,10,16H2,1H3,(H,18,19). The molecule has 0 bridgehead atoms. The van der Waals surface area contributed by atoms with Gasteiger partial charge in [0, 0.05) is 19.7 Å². The largest absolute Gasteiger partial charge is 0.478 e. The molecule has 0 aliphatic carbocycles. The van der Waals surface area contributed by atoms with Crippen molar-refractivity contribution in [1.29, 1.82) is 0 Å². The lowest BCUT2D eigenvalue weighted by molar-refractivity contribution is 0.0211. The minimum absolute atomic E-state index is 0.219. The smallest absolute Gasteiger partial charge is 0.335 e. The quantitative estimate of drug-likeness (QED) is 0.809. The number of carboxylic acids is 1. The Hall–Kier alpha value is -1.75. The molecule has 5 heteroatoms. The molecule has 1 atom stereocenters. The molecule has 1 unspecified atom stereocenters. The number of nitrogens with two attached hydrogens (primary N) is 1. The molecule has 1 saturated heterocycles. The van der Waals surface area contributed by atoms with Crippen LogP contribution in [0.25, 0.3) is 0 Å². The Morgan fingerprint density at radius 2 is 2.30 bits per heavy atom. The highest BCUT2D eigenvalue weighted by Gasteiger charge is 2.19. The van der Waals surface area contributed by atoms with E-state index in [1.165, 1.54) is 12.5 Å². The summed E-state index contributed by atoms with van der Waals surface area (Å²) in [6.07, 6.45) is 3.65. The number of hydrogen-bond donors (Lipinski definition) is 2. The van der Waals surface area contributed by atoms with Crippen LogP contribution in [-0.2, 0) is 4.74 Å². The third-order valence-corrected chi connectivity index (χ3v) is 3.69. The Balaban J connectivity index is 2.12. The van der Waals surface area contributed by atoms with Crippen LogP contribution in [0.3, 0.4) is 0 Å². The molecule has 0 saturated carbocycles. The van der Waals surface area contributed by atoms with Gasteiger partial charge >= 0.3 is 5.97 Å². The van der Waals surface area contributed by atoms with Gasteiger partial charge in [-0.15, -0.1) is 0 Å². The summed E-state index contributed by atoms with van der Waals surface area (Å²) in [7, 11) is 0. The Labute approximate surface area is 119 Å². The number of nitrogens with zero attached hydrogens (tertiary/aromatic N) is 1. The Kier molecular flexibility index (Phi) is 4.84. The molecule has 1 fully saturated rings. The molecule has 5 nitrogen and oxygen atoms in total. The number of rotatable bonds is 5. The van der Waals surface area contributed by atoms with Crippen LogP contribution in [0.2, 0.25) is 0 Å². The van der Waals surface area contributed by atoms with Crippen LogP contribution in [0, 0.1) is 0 Å². The molecule has 2 rings (SSSR count). The minimum atomic E-state index is -0.957. The molecular weight excluding hydrogens is 256 g/mol. The van der Waals surface area contributed by atoms with E-state index in [0.717, 1.165) is 38.2 Å². The number of carbonyl (C=O) groups is 1. The van der Waals surface area contributed by atoms with E-state index in [2.05, 4.69) is 11.8 Å². The minimum Gasteiger partial charge on any atom is -0.478 e. The number of ether oxygens (including phenoxy) is 1. The van der Waals surface area contributed by atoms with E-state index in [-0.39, 0.29) is 11.7 Å². The lowest BCUT2D eigenvalue weighted by Gasteiger charge is -2.31. The van der Waals surface area contributed by atoms with Crippen LogP contribution < -0.4 is 10.6 Å². The fraction of sp³-hybridized carbons (Fsp3) is 0.533. The molecule has 3 N–H and O–H groups in total. The van der Waals surface area contributed by atoms with Crippen molar-refractivity contribution >= 4 is 17.3 Å². The Morgan fingerprint density at radius 1 is 1.50 bits per heavy atom. The van der Waals surface area contributed by atoms with E-state index in [1.807, 2.05) is 0 Å². The van der Waals surface area contributed by atoms with Crippen molar-refractivity contribution in [2.75, 3.05) is 30.3 Å². The fourth-order valence-electron chi connectivity index (χ4n) is 2.57. The van der Waals surface area contributed by atoms with E-state index >= 15 is 0 Å². The first-order valence-electron chi connectivity index (χ1n) is 7.11. The predicted molar refractivity (Wildman–Crippen MR) is 79.3 cm³/mol. The summed E-state index contributed by atoms with van der Waals surface area (Å²) in [5.41, 5.74) is 7.60. The monoisotopic (exact) mass is 278 g/mol. The van der Waals surface area contributed by atoms with Crippen molar-refractivity contribution in [3.8, 4) is 0 Å². The van der Waals surface area contributed by atoms with E-state index < -0.39 is 5.97 Å². The van der Waals surface area contributed by atoms with Crippen molar-refractivity contribution in [2.24, 2.45) is 0 Å². The van der Waals surface area contributed by atoms with Crippen LogP contribution in [0.15, 0.2) is 18.2 Å². The van der Waals surface area contributed by atoms with Gasteiger partial charge in [0.25, 0.3) is 0 Å². The Bertz CT molecular complexity index is 470. The maximum absolute atomic E-state index is 10.9. The van der Waals surface area contributed by atoms with Crippen molar-refractivity contribution < 1.29 is 14.6 Å². The van der Waals surface area contributed by atoms with Crippen molar-refractivity contribution in [1.82, 2.24) is 0 Å². The average molecular weight is 278 g/mol. The molecule has 1 aliphatic heterocycles. The van der Waals surface area contributed by atoms with Crippen LogP contribution in [0.1, 0.15) is 36.5 Å². The summed E-state index contributed by atoms with van der Waals surface area (Å²) in [4.78, 5) is 13.1.